The van der Waals surface area contributed by atoms with Crippen molar-refractivity contribution >= 4 is 28.2 Å². The molecule has 2 aromatic carbocycles. The summed E-state index contributed by atoms with van der Waals surface area (Å²) in [4.78, 5) is 28.4. The summed E-state index contributed by atoms with van der Waals surface area (Å²) < 4.78 is 5.49. The average Bonchev–Trinajstić information content (AvgIpc) is 3.26. The molecule has 1 atom stereocenters. The molecule has 3 aromatic rings. The van der Waals surface area contributed by atoms with E-state index in [-0.39, 0.29) is 5.91 Å². The number of ether oxygens (including phenoxy) is 1. The molecule has 1 aliphatic rings. The predicted molar refractivity (Wildman–Crippen MR) is 123 cm³/mol. The standard InChI is InChI=1S/C24H25N3O3S/c1-24(23(25)29,18-10-6-3-7-11-18)26-21(28)20-16-19(17-8-4-2-5-9-17)22(31-20)27-12-14-30-15-13-27/h2-11,16H,12-15H2,1H3,(H2,25,29)(H,26,28). The van der Waals surface area contributed by atoms with Gasteiger partial charge in [0, 0.05) is 18.7 Å². The zero-order chi connectivity index (χ0) is 21.8. The number of hydrogen-bond acceptors (Lipinski definition) is 5. The quantitative estimate of drug-likeness (QED) is 0.622. The topological polar surface area (TPSA) is 84.7 Å². The Morgan fingerprint density at radius 2 is 1.65 bits per heavy atom. The van der Waals surface area contributed by atoms with Crippen molar-refractivity contribution in [1.29, 1.82) is 0 Å². The summed E-state index contributed by atoms with van der Waals surface area (Å²) in [5, 5.41) is 3.90. The monoisotopic (exact) mass is 435 g/mol. The number of nitrogens with one attached hydrogen (secondary N) is 1. The number of benzene rings is 2. The molecule has 2 heterocycles. The molecule has 160 valence electrons. The molecule has 4 rings (SSSR count). The van der Waals surface area contributed by atoms with Gasteiger partial charge < -0.3 is 20.7 Å². The van der Waals surface area contributed by atoms with E-state index in [2.05, 4.69) is 10.2 Å². The lowest BCUT2D eigenvalue weighted by Gasteiger charge is -2.28. The third-order valence-corrected chi connectivity index (χ3v) is 6.72. The maximum atomic E-state index is 13.3. The van der Waals surface area contributed by atoms with Gasteiger partial charge in [-0.25, -0.2) is 0 Å². The summed E-state index contributed by atoms with van der Waals surface area (Å²) in [6.07, 6.45) is 0. The van der Waals surface area contributed by atoms with Gasteiger partial charge >= 0.3 is 0 Å². The highest BCUT2D eigenvalue weighted by atomic mass is 32.1. The highest BCUT2D eigenvalue weighted by Gasteiger charge is 2.36. The molecule has 0 saturated carbocycles. The smallest absolute Gasteiger partial charge is 0.262 e. The number of anilines is 1. The maximum absolute atomic E-state index is 13.3. The highest BCUT2D eigenvalue weighted by Crippen LogP contribution is 2.39. The van der Waals surface area contributed by atoms with Gasteiger partial charge in [0.25, 0.3) is 5.91 Å². The number of rotatable bonds is 6. The van der Waals surface area contributed by atoms with E-state index in [1.54, 1.807) is 19.1 Å². The first-order chi connectivity index (χ1) is 15.0. The van der Waals surface area contributed by atoms with Crippen LogP contribution in [0.1, 0.15) is 22.2 Å². The molecule has 0 radical (unpaired) electrons. The lowest BCUT2D eigenvalue weighted by Crippen LogP contribution is -2.52. The van der Waals surface area contributed by atoms with Crippen molar-refractivity contribution in [3.8, 4) is 11.1 Å². The fraction of sp³-hybridized carbons (Fsp3) is 0.250. The van der Waals surface area contributed by atoms with Gasteiger partial charge in [0.05, 0.1) is 23.1 Å². The minimum atomic E-state index is -1.31. The van der Waals surface area contributed by atoms with Crippen LogP contribution < -0.4 is 16.0 Å². The summed E-state index contributed by atoms with van der Waals surface area (Å²) in [5.74, 6) is -0.938. The SMILES string of the molecule is CC(NC(=O)c1cc(-c2ccccc2)c(N2CCOCC2)s1)(C(N)=O)c1ccccc1. The number of carbonyl (C=O) groups is 2. The maximum Gasteiger partial charge on any atom is 0.262 e. The second-order valence-electron chi connectivity index (χ2n) is 7.60. The van der Waals surface area contributed by atoms with Crippen LogP contribution in [-0.4, -0.2) is 38.1 Å². The molecular formula is C24H25N3O3S. The normalized spacial score (nSPS) is 15.8. The molecular weight excluding hydrogens is 410 g/mol. The van der Waals surface area contributed by atoms with Crippen LogP contribution in [0.5, 0.6) is 0 Å². The number of hydrogen-bond donors (Lipinski definition) is 2. The third-order valence-electron chi connectivity index (χ3n) is 5.53. The van der Waals surface area contributed by atoms with E-state index in [0.717, 1.165) is 29.2 Å². The summed E-state index contributed by atoms with van der Waals surface area (Å²) >= 11 is 1.42. The van der Waals surface area contributed by atoms with Gasteiger partial charge in [0.1, 0.15) is 5.54 Å². The second-order valence-corrected chi connectivity index (χ2v) is 8.63. The van der Waals surface area contributed by atoms with Crippen molar-refractivity contribution in [2.75, 3.05) is 31.2 Å². The second kappa shape index (κ2) is 8.91. The minimum Gasteiger partial charge on any atom is -0.378 e. The number of carbonyl (C=O) groups excluding carboxylic acids is 2. The predicted octanol–water partition coefficient (Wildman–Crippen LogP) is 3.38. The van der Waals surface area contributed by atoms with Crippen LogP contribution >= 0.6 is 11.3 Å². The minimum absolute atomic E-state index is 0.327. The first-order valence-corrected chi connectivity index (χ1v) is 11.0. The molecule has 1 aromatic heterocycles. The van der Waals surface area contributed by atoms with Gasteiger partial charge in [0.15, 0.2) is 0 Å². The zero-order valence-electron chi connectivity index (χ0n) is 17.3. The van der Waals surface area contributed by atoms with Gasteiger partial charge in [-0.1, -0.05) is 60.7 Å². The average molecular weight is 436 g/mol. The highest BCUT2D eigenvalue weighted by molar-refractivity contribution is 7.18. The van der Waals surface area contributed by atoms with Gasteiger partial charge in [-0.3, -0.25) is 9.59 Å². The number of thiophene rings is 1. The fourth-order valence-electron chi connectivity index (χ4n) is 3.66. The van der Waals surface area contributed by atoms with Crippen molar-refractivity contribution in [3.63, 3.8) is 0 Å². The van der Waals surface area contributed by atoms with Crippen molar-refractivity contribution in [2.45, 2.75) is 12.5 Å². The van der Waals surface area contributed by atoms with Crippen LogP contribution in [0.2, 0.25) is 0 Å². The largest absolute Gasteiger partial charge is 0.378 e. The van der Waals surface area contributed by atoms with Crippen LogP contribution in [0, 0.1) is 0 Å². The first kappa shape index (κ1) is 21.1. The van der Waals surface area contributed by atoms with Gasteiger partial charge in [0.2, 0.25) is 5.91 Å². The zero-order valence-corrected chi connectivity index (χ0v) is 18.2. The molecule has 2 amide bonds. The molecule has 1 fully saturated rings. The third kappa shape index (κ3) is 4.33. The number of amides is 2. The Labute approximate surface area is 185 Å². The molecule has 7 heteroatoms. The number of nitrogens with zero attached hydrogens (tertiary/aromatic N) is 1. The molecule has 31 heavy (non-hydrogen) atoms. The Kier molecular flexibility index (Phi) is 6.06. The lowest BCUT2D eigenvalue weighted by atomic mass is 9.91. The van der Waals surface area contributed by atoms with Crippen LogP contribution in [0.25, 0.3) is 11.1 Å². The van der Waals surface area contributed by atoms with E-state index >= 15 is 0 Å². The summed E-state index contributed by atoms with van der Waals surface area (Å²) in [6, 6.07) is 21.0. The molecule has 6 nitrogen and oxygen atoms in total. The van der Waals surface area contributed by atoms with E-state index in [0.29, 0.717) is 23.7 Å². The molecule has 1 unspecified atom stereocenters. The Morgan fingerprint density at radius 1 is 1.03 bits per heavy atom. The fourth-order valence-corrected chi connectivity index (χ4v) is 4.78. The molecule has 0 bridgehead atoms. The van der Waals surface area contributed by atoms with E-state index in [4.69, 9.17) is 10.5 Å². The lowest BCUT2D eigenvalue weighted by molar-refractivity contribution is -0.123. The Bertz CT molecular complexity index is 1060. The van der Waals surface area contributed by atoms with Crippen molar-refractivity contribution < 1.29 is 14.3 Å². The summed E-state index contributed by atoms with van der Waals surface area (Å²) in [6.45, 7) is 4.48. The van der Waals surface area contributed by atoms with Gasteiger partial charge in [-0.05, 0) is 24.1 Å². The Morgan fingerprint density at radius 3 is 2.26 bits per heavy atom. The molecule has 1 saturated heterocycles. The number of nitrogens with two attached hydrogens (primary N) is 1. The van der Waals surface area contributed by atoms with Crippen molar-refractivity contribution in [3.05, 3.63) is 77.2 Å². The summed E-state index contributed by atoms with van der Waals surface area (Å²) in [5.41, 5.74) is 7.07. The number of morpholine rings is 1. The van der Waals surface area contributed by atoms with E-state index in [9.17, 15) is 9.59 Å². The van der Waals surface area contributed by atoms with Crippen molar-refractivity contribution in [2.24, 2.45) is 5.73 Å². The number of primary amides is 1. The van der Waals surface area contributed by atoms with Crippen LogP contribution in [0.4, 0.5) is 5.00 Å². The van der Waals surface area contributed by atoms with Gasteiger partial charge in [-0.15, -0.1) is 11.3 Å². The molecule has 1 aliphatic heterocycles. The van der Waals surface area contributed by atoms with Gasteiger partial charge in [-0.2, -0.15) is 0 Å². The van der Waals surface area contributed by atoms with Crippen LogP contribution in [0.3, 0.4) is 0 Å². The Hall–Kier alpha value is -3.16. The van der Waals surface area contributed by atoms with E-state index in [1.807, 2.05) is 54.6 Å². The molecule has 3 N–H and O–H groups in total. The Balaban J connectivity index is 1.69. The van der Waals surface area contributed by atoms with Crippen LogP contribution in [0.15, 0.2) is 66.7 Å². The van der Waals surface area contributed by atoms with E-state index < -0.39 is 11.4 Å². The first-order valence-electron chi connectivity index (χ1n) is 10.2. The van der Waals surface area contributed by atoms with Crippen LogP contribution in [-0.2, 0) is 15.1 Å². The van der Waals surface area contributed by atoms with E-state index in [1.165, 1.54) is 11.3 Å². The van der Waals surface area contributed by atoms with Crippen molar-refractivity contribution in [1.82, 2.24) is 5.32 Å². The molecule has 0 aliphatic carbocycles. The summed E-state index contributed by atoms with van der Waals surface area (Å²) in [7, 11) is 0. The molecule has 0 spiro atoms.